The Balaban J connectivity index is 2.22. The maximum Gasteiger partial charge on any atom is 0.350 e. The van der Waals surface area contributed by atoms with Gasteiger partial charge in [-0.1, -0.05) is 12.1 Å². The fourth-order valence-corrected chi connectivity index (χ4v) is 2.50. The number of carbonyl (C=O) groups excluding carboxylic acids is 2. The molecule has 23 heavy (non-hydrogen) atoms. The summed E-state index contributed by atoms with van der Waals surface area (Å²) >= 11 is 1.13. The lowest BCUT2D eigenvalue weighted by atomic mass is 10.1. The van der Waals surface area contributed by atoms with Crippen LogP contribution in [0.5, 0.6) is 5.75 Å². The molecule has 0 spiro atoms. The molecule has 0 saturated carbocycles. The van der Waals surface area contributed by atoms with Gasteiger partial charge in [0.25, 0.3) is 5.91 Å². The average Bonchev–Trinajstić information content (AvgIpc) is 3.01. The first-order valence-corrected chi connectivity index (χ1v) is 7.31. The lowest BCUT2D eigenvalue weighted by Gasteiger charge is -2.05. The number of hydrogen-bond donors (Lipinski definition) is 2. The Labute approximate surface area is 136 Å². The summed E-state index contributed by atoms with van der Waals surface area (Å²) in [6.45, 7) is 0. The summed E-state index contributed by atoms with van der Waals surface area (Å²) in [5, 5.41) is 22.5. The lowest BCUT2D eigenvalue weighted by molar-refractivity contribution is -0.112. The molecule has 1 aromatic carbocycles. The molecule has 116 valence electrons. The van der Waals surface area contributed by atoms with Crippen molar-refractivity contribution < 1.29 is 19.4 Å². The van der Waals surface area contributed by atoms with Crippen LogP contribution in [-0.4, -0.2) is 24.1 Å². The molecule has 0 aliphatic heterocycles. The van der Waals surface area contributed by atoms with E-state index in [9.17, 15) is 14.7 Å². The summed E-state index contributed by atoms with van der Waals surface area (Å²) in [6.07, 6.45) is 1.39. The van der Waals surface area contributed by atoms with E-state index in [0.717, 1.165) is 11.3 Å². The zero-order valence-electron chi connectivity index (χ0n) is 12.1. The van der Waals surface area contributed by atoms with Gasteiger partial charge in [-0.2, -0.15) is 5.26 Å². The highest BCUT2D eigenvalue weighted by atomic mass is 32.1. The molecule has 1 amide bonds. The van der Waals surface area contributed by atoms with E-state index in [0.29, 0.717) is 11.3 Å². The van der Waals surface area contributed by atoms with Crippen LogP contribution in [-0.2, 0) is 9.53 Å². The predicted molar refractivity (Wildman–Crippen MR) is 86.0 cm³/mol. The maximum absolute atomic E-state index is 12.2. The molecule has 0 aliphatic carbocycles. The Morgan fingerprint density at radius 3 is 2.61 bits per heavy atom. The van der Waals surface area contributed by atoms with Gasteiger partial charge in [0.15, 0.2) is 0 Å². The maximum atomic E-state index is 12.2. The van der Waals surface area contributed by atoms with Crippen molar-refractivity contribution >= 4 is 35.0 Å². The Bertz CT molecular complexity index is 800. The highest BCUT2D eigenvalue weighted by molar-refractivity contribution is 7.12. The van der Waals surface area contributed by atoms with Crippen LogP contribution in [0.25, 0.3) is 6.08 Å². The second-order valence-corrected chi connectivity index (χ2v) is 5.29. The third-order valence-electron chi connectivity index (χ3n) is 2.85. The SMILES string of the molecule is COC(=O)c1sccc1NC(=O)C(C#N)=Cc1ccc(O)cc1. The fourth-order valence-electron chi connectivity index (χ4n) is 1.73. The predicted octanol–water partition coefficient (Wildman–Crippen LogP) is 2.79. The first-order valence-electron chi connectivity index (χ1n) is 6.43. The molecule has 1 heterocycles. The number of nitrogens with one attached hydrogen (secondary N) is 1. The van der Waals surface area contributed by atoms with Crippen molar-refractivity contribution in [1.29, 1.82) is 5.26 Å². The van der Waals surface area contributed by atoms with Gasteiger partial charge in [-0.25, -0.2) is 4.79 Å². The van der Waals surface area contributed by atoms with Crippen LogP contribution in [0.4, 0.5) is 5.69 Å². The summed E-state index contributed by atoms with van der Waals surface area (Å²) in [5.74, 6) is -1.11. The number of anilines is 1. The van der Waals surface area contributed by atoms with Gasteiger partial charge in [0.2, 0.25) is 0 Å². The number of rotatable bonds is 4. The Kier molecular flexibility index (Phi) is 5.12. The molecule has 2 aromatic rings. The fraction of sp³-hybridized carbons (Fsp3) is 0.0625. The van der Waals surface area contributed by atoms with E-state index in [1.165, 1.54) is 25.3 Å². The van der Waals surface area contributed by atoms with Crippen molar-refractivity contribution in [2.75, 3.05) is 12.4 Å². The molecule has 0 atom stereocenters. The van der Waals surface area contributed by atoms with Gasteiger partial charge >= 0.3 is 5.97 Å². The van der Waals surface area contributed by atoms with Gasteiger partial charge in [-0.15, -0.1) is 11.3 Å². The summed E-state index contributed by atoms with van der Waals surface area (Å²) in [7, 11) is 1.25. The molecule has 1 aromatic heterocycles. The molecule has 0 saturated heterocycles. The molecule has 0 fully saturated rings. The highest BCUT2D eigenvalue weighted by Gasteiger charge is 2.17. The first-order chi connectivity index (χ1) is 11.0. The van der Waals surface area contributed by atoms with Crippen LogP contribution in [0.15, 0.2) is 41.3 Å². The van der Waals surface area contributed by atoms with Gasteiger partial charge < -0.3 is 15.2 Å². The van der Waals surface area contributed by atoms with Crippen LogP contribution < -0.4 is 5.32 Å². The lowest BCUT2D eigenvalue weighted by Crippen LogP contribution is -2.15. The monoisotopic (exact) mass is 328 g/mol. The first kappa shape index (κ1) is 16.3. The third-order valence-corrected chi connectivity index (χ3v) is 3.75. The number of esters is 1. The van der Waals surface area contributed by atoms with Crippen molar-refractivity contribution in [2.24, 2.45) is 0 Å². The molecule has 2 rings (SSSR count). The second-order valence-electron chi connectivity index (χ2n) is 4.37. The molecule has 6 nitrogen and oxygen atoms in total. The van der Waals surface area contributed by atoms with E-state index in [1.807, 2.05) is 6.07 Å². The van der Waals surface area contributed by atoms with Gasteiger partial charge in [0.05, 0.1) is 12.8 Å². The average molecular weight is 328 g/mol. The van der Waals surface area contributed by atoms with E-state index in [1.54, 1.807) is 23.6 Å². The van der Waals surface area contributed by atoms with Crippen LogP contribution in [0.2, 0.25) is 0 Å². The number of amides is 1. The normalized spacial score (nSPS) is 10.7. The summed E-state index contributed by atoms with van der Waals surface area (Å²) in [6, 6.07) is 9.42. The van der Waals surface area contributed by atoms with Crippen LogP contribution in [0, 0.1) is 11.3 Å². The molecule has 0 aliphatic rings. The smallest absolute Gasteiger partial charge is 0.350 e. The van der Waals surface area contributed by atoms with Gasteiger partial charge in [-0.05, 0) is 35.2 Å². The molecular formula is C16H12N2O4S. The topological polar surface area (TPSA) is 99.4 Å². The minimum absolute atomic E-state index is 0.0890. The van der Waals surface area contributed by atoms with Gasteiger partial charge in [-0.3, -0.25) is 4.79 Å². The summed E-state index contributed by atoms with van der Waals surface area (Å²) in [4.78, 5) is 24.0. The van der Waals surface area contributed by atoms with Crippen LogP contribution in [0.3, 0.4) is 0 Å². The van der Waals surface area contributed by atoms with Crippen molar-refractivity contribution in [3.8, 4) is 11.8 Å². The number of phenolic OH excluding ortho intramolecular Hbond substituents is 1. The number of benzene rings is 1. The van der Waals surface area contributed by atoms with Crippen molar-refractivity contribution in [3.05, 3.63) is 51.7 Å². The van der Waals surface area contributed by atoms with E-state index >= 15 is 0 Å². The van der Waals surface area contributed by atoms with Crippen LogP contribution in [0.1, 0.15) is 15.2 Å². The zero-order valence-corrected chi connectivity index (χ0v) is 12.9. The quantitative estimate of drug-likeness (QED) is 0.511. The Morgan fingerprint density at radius 2 is 2.00 bits per heavy atom. The Morgan fingerprint density at radius 1 is 1.30 bits per heavy atom. The van der Waals surface area contributed by atoms with Gasteiger partial charge in [0, 0.05) is 0 Å². The van der Waals surface area contributed by atoms with Crippen molar-refractivity contribution in [2.45, 2.75) is 0 Å². The standard InChI is InChI=1S/C16H12N2O4S/c1-22-16(21)14-13(6-7-23-14)18-15(20)11(9-17)8-10-2-4-12(19)5-3-10/h2-8,19H,1H3,(H,18,20). The number of thiophene rings is 1. The molecule has 2 N–H and O–H groups in total. The Hall–Kier alpha value is -3.11. The number of carbonyl (C=O) groups is 2. The molecule has 0 bridgehead atoms. The summed E-state index contributed by atoms with van der Waals surface area (Å²) in [5.41, 5.74) is 0.754. The molecule has 0 radical (unpaired) electrons. The van der Waals surface area contributed by atoms with Crippen LogP contribution >= 0.6 is 11.3 Å². The van der Waals surface area contributed by atoms with E-state index < -0.39 is 11.9 Å². The number of nitriles is 1. The van der Waals surface area contributed by atoms with Crippen molar-refractivity contribution in [3.63, 3.8) is 0 Å². The number of phenols is 1. The molecule has 7 heteroatoms. The summed E-state index contributed by atoms with van der Waals surface area (Å²) < 4.78 is 4.63. The minimum Gasteiger partial charge on any atom is -0.508 e. The number of aromatic hydroxyl groups is 1. The minimum atomic E-state index is -0.635. The van der Waals surface area contributed by atoms with Crippen molar-refractivity contribution in [1.82, 2.24) is 0 Å². The second kappa shape index (κ2) is 7.24. The highest BCUT2D eigenvalue weighted by Crippen LogP contribution is 2.24. The van der Waals surface area contributed by atoms with E-state index in [2.05, 4.69) is 10.1 Å². The van der Waals surface area contributed by atoms with E-state index in [-0.39, 0.29) is 16.2 Å². The number of ether oxygens (including phenoxy) is 1. The molecular weight excluding hydrogens is 316 g/mol. The molecule has 0 unspecified atom stereocenters. The van der Waals surface area contributed by atoms with E-state index in [4.69, 9.17) is 5.26 Å². The third kappa shape index (κ3) is 3.96. The number of hydrogen-bond acceptors (Lipinski definition) is 6. The zero-order chi connectivity index (χ0) is 16.8. The number of nitrogens with zero attached hydrogens (tertiary/aromatic N) is 1. The van der Waals surface area contributed by atoms with Gasteiger partial charge in [0.1, 0.15) is 22.3 Å². The largest absolute Gasteiger partial charge is 0.508 e. The number of methoxy groups -OCH3 is 1.